The molecule has 1 amide bonds. The van der Waals surface area contributed by atoms with Crippen molar-refractivity contribution < 1.29 is 9.59 Å². The van der Waals surface area contributed by atoms with Crippen molar-refractivity contribution >= 4 is 29.1 Å². The molecule has 0 fully saturated rings. The first-order chi connectivity index (χ1) is 13.5. The highest BCUT2D eigenvalue weighted by molar-refractivity contribution is 7.99. The second kappa shape index (κ2) is 7.64. The molecule has 0 bridgehead atoms. The first-order valence-electron chi connectivity index (χ1n) is 9.21. The van der Waals surface area contributed by atoms with E-state index in [-0.39, 0.29) is 11.7 Å². The molecule has 0 aliphatic carbocycles. The van der Waals surface area contributed by atoms with Crippen LogP contribution in [0.25, 0.3) is 5.69 Å². The van der Waals surface area contributed by atoms with E-state index in [1.54, 1.807) is 12.3 Å². The van der Waals surface area contributed by atoms with E-state index in [2.05, 4.69) is 42.3 Å². The van der Waals surface area contributed by atoms with Gasteiger partial charge < -0.3 is 5.32 Å². The monoisotopic (exact) mass is 391 g/mol. The third-order valence-electron chi connectivity index (χ3n) is 5.03. The number of nitrogens with zero attached hydrogens (tertiary/aromatic N) is 2. The maximum absolute atomic E-state index is 12.7. The van der Waals surface area contributed by atoms with Crippen LogP contribution in [0, 0.1) is 13.8 Å². The fourth-order valence-electron chi connectivity index (χ4n) is 3.24. The number of fused-ring (bicyclic) bond motifs is 1. The highest BCUT2D eigenvalue weighted by atomic mass is 32.2. The summed E-state index contributed by atoms with van der Waals surface area (Å²) in [5, 5.41) is 3.64. The molecule has 1 N–H and O–H groups in total. The van der Waals surface area contributed by atoms with Crippen LogP contribution in [0.3, 0.4) is 0 Å². The Morgan fingerprint density at radius 1 is 1.14 bits per heavy atom. The minimum absolute atomic E-state index is 0.0281. The molecule has 1 aliphatic heterocycles. The zero-order valence-electron chi connectivity index (χ0n) is 15.9. The summed E-state index contributed by atoms with van der Waals surface area (Å²) in [6.45, 7) is 4.18. The van der Waals surface area contributed by atoms with Gasteiger partial charge >= 0.3 is 0 Å². The lowest BCUT2D eigenvalue weighted by molar-refractivity contribution is -0.116. The number of ketones is 1. The van der Waals surface area contributed by atoms with Crippen LogP contribution in [0.1, 0.15) is 33.5 Å². The number of nitrogens with one attached hydrogen (secondary N) is 1. The van der Waals surface area contributed by atoms with Gasteiger partial charge in [-0.15, -0.1) is 0 Å². The second-order valence-electron chi connectivity index (χ2n) is 6.98. The maximum Gasteiger partial charge on any atom is 0.224 e. The molecule has 0 saturated carbocycles. The van der Waals surface area contributed by atoms with Crippen LogP contribution in [0.15, 0.2) is 53.9 Å². The lowest BCUT2D eigenvalue weighted by Crippen LogP contribution is -2.19. The molecule has 142 valence electrons. The number of Topliss-reactive ketones (excluding diaryl/α,β-unsaturated/α-hetero) is 1. The summed E-state index contributed by atoms with van der Waals surface area (Å²) >= 11 is 1.43. The quantitative estimate of drug-likeness (QED) is 0.519. The number of aromatic nitrogens is 2. The highest BCUT2D eigenvalue weighted by Gasteiger charge is 2.17. The largest absolute Gasteiger partial charge is 0.326 e. The van der Waals surface area contributed by atoms with Crippen molar-refractivity contribution in [3.63, 3.8) is 0 Å². The smallest absolute Gasteiger partial charge is 0.224 e. The summed E-state index contributed by atoms with van der Waals surface area (Å²) in [6.07, 6.45) is 4.81. The van der Waals surface area contributed by atoms with Gasteiger partial charge in [-0.25, -0.2) is 4.98 Å². The Hall–Kier alpha value is -2.86. The SMILES string of the molecule is Cc1ccc(-n2ccnc2SCC(=O)c2ccc3c(c2)CCC(=O)N3)cc1C. The molecule has 1 aliphatic rings. The van der Waals surface area contributed by atoms with Gasteiger partial charge in [0, 0.05) is 35.8 Å². The molecule has 6 heteroatoms. The van der Waals surface area contributed by atoms with E-state index in [9.17, 15) is 9.59 Å². The number of carbonyl (C=O) groups excluding carboxylic acids is 2. The third kappa shape index (κ3) is 3.73. The molecule has 5 nitrogen and oxygen atoms in total. The van der Waals surface area contributed by atoms with E-state index in [1.165, 1.54) is 22.9 Å². The molecule has 3 aromatic rings. The summed E-state index contributed by atoms with van der Waals surface area (Å²) in [4.78, 5) is 28.6. The van der Waals surface area contributed by atoms with E-state index in [4.69, 9.17) is 0 Å². The van der Waals surface area contributed by atoms with Crippen LogP contribution in [0.5, 0.6) is 0 Å². The molecule has 2 aromatic carbocycles. The Balaban J connectivity index is 1.48. The summed E-state index contributed by atoms with van der Waals surface area (Å²) in [7, 11) is 0. The van der Waals surface area contributed by atoms with Gasteiger partial charge in [0.05, 0.1) is 5.75 Å². The summed E-state index contributed by atoms with van der Waals surface area (Å²) in [5.41, 5.74) is 6.01. The molecule has 0 unspecified atom stereocenters. The van der Waals surface area contributed by atoms with Crippen LogP contribution < -0.4 is 5.32 Å². The van der Waals surface area contributed by atoms with Crippen LogP contribution in [-0.2, 0) is 11.2 Å². The van der Waals surface area contributed by atoms with Gasteiger partial charge in [-0.05, 0) is 67.3 Å². The molecule has 0 spiro atoms. The number of hydrogen-bond donors (Lipinski definition) is 1. The van der Waals surface area contributed by atoms with Crippen LogP contribution in [-0.4, -0.2) is 27.0 Å². The second-order valence-corrected chi connectivity index (χ2v) is 7.92. The number of benzene rings is 2. The van der Waals surface area contributed by atoms with E-state index in [1.807, 2.05) is 22.9 Å². The van der Waals surface area contributed by atoms with Gasteiger partial charge in [-0.3, -0.25) is 14.2 Å². The van der Waals surface area contributed by atoms with Gasteiger partial charge in [-0.2, -0.15) is 0 Å². The fraction of sp³-hybridized carbons (Fsp3) is 0.227. The Kier molecular flexibility index (Phi) is 5.05. The first-order valence-corrected chi connectivity index (χ1v) is 10.2. The molecule has 0 saturated heterocycles. The zero-order chi connectivity index (χ0) is 19.7. The Bertz CT molecular complexity index is 1070. The summed E-state index contributed by atoms with van der Waals surface area (Å²) in [5.74, 6) is 0.396. The number of amides is 1. The molecule has 4 rings (SSSR count). The fourth-order valence-corrected chi connectivity index (χ4v) is 4.11. The highest BCUT2D eigenvalue weighted by Crippen LogP contribution is 2.26. The van der Waals surface area contributed by atoms with Crippen molar-refractivity contribution in [3.05, 3.63) is 71.0 Å². The summed E-state index contributed by atoms with van der Waals surface area (Å²) < 4.78 is 2.01. The van der Waals surface area contributed by atoms with Gasteiger partial charge in [0.1, 0.15) is 0 Å². The van der Waals surface area contributed by atoms with Crippen molar-refractivity contribution in [1.29, 1.82) is 0 Å². The molecule has 0 atom stereocenters. The lowest BCUT2D eigenvalue weighted by atomic mass is 9.99. The molecular formula is C22H21N3O2S. The number of carbonyl (C=O) groups is 2. The predicted molar refractivity (Wildman–Crippen MR) is 111 cm³/mol. The topological polar surface area (TPSA) is 64.0 Å². The molecule has 28 heavy (non-hydrogen) atoms. The Morgan fingerprint density at radius 2 is 2.00 bits per heavy atom. The number of aryl methyl sites for hydroxylation is 3. The predicted octanol–water partition coefficient (Wildman–Crippen LogP) is 4.35. The Morgan fingerprint density at radius 3 is 2.82 bits per heavy atom. The van der Waals surface area contributed by atoms with E-state index in [0.29, 0.717) is 24.2 Å². The zero-order valence-corrected chi connectivity index (χ0v) is 16.7. The average Bonchev–Trinajstić information content (AvgIpc) is 3.16. The van der Waals surface area contributed by atoms with Crippen LogP contribution in [0.4, 0.5) is 5.69 Å². The average molecular weight is 391 g/mol. The first kappa shape index (κ1) is 18.5. The minimum atomic E-state index is 0.0281. The Labute approximate surface area is 168 Å². The molecule has 2 heterocycles. The number of thioether (sulfide) groups is 1. The lowest BCUT2D eigenvalue weighted by Gasteiger charge is -2.17. The number of anilines is 1. The molecule has 0 radical (unpaired) electrons. The van der Waals surface area contributed by atoms with E-state index < -0.39 is 0 Å². The van der Waals surface area contributed by atoms with Gasteiger partial charge in [0.2, 0.25) is 5.91 Å². The number of hydrogen-bond acceptors (Lipinski definition) is 4. The third-order valence-corrected chi connectivity index (χ3v) is 6.00. The van der Waals surface area contributed by atoms with Crippen LogP contribution in [0.2, 0.25) is 0 Å². The molecular weight excluding hydrogens is 370 g/mol. The van der Waals surface area contributed by atoms with Crippen molar-refractivity contribution in [3.8, 4) is 5.69 Å². The van der Waals surface area contributed by atoms with Crippen molar-refractivity contribution in [2.45, 2.75) is 31.8 Å². The van der Waals surface area contributed by atoms with Gasteiger partial charge in [-0.1, -0.05) is 17.8 Å². The number of imidazole rings is 1. The van der Waals surface area contributed by atoms with Gasteiger partial charge in [0.15, 0.2) is 10.9 Å². The normalized spacial score (nSPS) is 13.1. The van der Waals surface area contributed by atoms with Crippen molar-refractivity contribution in [2.75, 3.05) is 11.1 Å². The minimum Gasteiger partial charge on any atom is -0.326 e. The van der Waals surface area contributed by atoms with Crippen molar-refractivity contribution in [2.24, 2.45) is 0 Å². The van der Waals surface area contributed by atoms with E-state index >= 15 is 0 Å². The van der Waals surface area contributed by atoms with E-state index in [0.717, 1.165) is 22.1 Å². The number of rotatable bonds is 5. The van der Waals surface area contributed by atoms with Crippen LogP contribution >= 0.6 is 11.8 Å². The van der Waals surface area contributed by atoms with Gasteiger partial charge in [0.25, 0.3) is 0 Å². The summed E-state index contributed by atoms with van der Waals surface area (Å²) in [6, 6.07) is 11.8. The maximum atomic E-state index is 12.7. The molecule has 1 aromatic heterocycles. The van der Waals surface area contributed by atoms with Crippen molar-refractivity contribution in [1.82, 2.24) is 9.55 Å². The standard InChI is InChI=1S/C22H21N3O2S/c1-14-3-6-18(11-15(14)2)25-10-9-23-22(25)28-13-20(26)17-4-7-19-16(12-17)5-8-21(27)24-19/h3-4,6-7,9-12H,5,8,13H2,1-2H3,(H,24,27).